The summed E-state index contributed by atoms with van der Waals surface area (Å²) in [6.45, 7) is 5.55. The Morgan fingerprint density at radius 2 is 1.79 bits per heavy atom. The van der Waals surface area contributed by atoms with Crippen LogP contribution in [-0.4, -0.2) is 11.1 Å². The second kappa shape index (κ2) is 8.58. The molecule has 0 unspecified atom stereocenters. The summed E-state index contributed by atoms with van der Waals surface area (Å²) in [5.41, 5.74) is 2.79. The van der Waals surface area contributed by atoms with Gasteiger partial charge in [-0.15, -0.1) is 5.73 Å². The summed E-state index contributed by atoms with van der Waals surface area (Å²) in [7, 11) is 0. The first-order valence-corrected chi connectivity index (χ1v) is 5.34. The van der Waals surface area contributed by atoms with Crippen molar-refractivity contribution in [2.75, 3.05) is 0 Å². The Bertz CT molecular complexity index is 212. The van der Waals surface area contributed by atoms with E-state index in [0.717, 1.165) is 12.8 Å². The molecular formula is C12H20O2. The zero-order chi connectivity index (χ0) is 10.8. The third kappa shape index (κ3) is 6.50. The summed E-state index contributed by atoms with van der Waals surface area (Å²) in [4.78, 5) is 10.6. The molecule has 0 rings (SSSR count). The van der Waals surface area contributed by atoms with Crippen molar-refractivity contribution < 1.29 is 9.90 Å². The SMILES string of the molecule is C=C=C(CCCCCCCC)C(=O)O. The standard InChI is InChI=1S/C12H20O2/c1-3-5-6-7-8-9-10-11(4-2)12(13)14/h2-3,5-10H2,1H3,(H,13,14). The average molecular weight is 196 g/mol. The predicted molar refractivity (Wildman–Crippen MR) is 58.3 cm³/mol. The molecule has 80 valence electrons. The molecule has 2 nitrogen and oxygen atoms in total. The highest BCUT2D eigenvalue weighted by Gasteiger charge is 2.04. The highest BCUT2D eigenvalue weighted by atomic mass is 16.4. The molecule has 0 aromatic rings. The van der Waals surface area contributed by atoms with Crippen LogP contribution in [-0.2, 0) is 4.79 Å². The Kier molecular flexibility index (Phi) is 7.96. The lowest BCUT2D eigenvalue weighted by Crippen LogP contribution is -1.99. The largest absolute Gasteiger partial charge is 0.477 e. The Balaban J connectivity index is 3.44. The van der Waals surface area contributed by atoms with E-state index in [0.29, 0.717) is 12.0 Å². The van der Waals surface area contributed by atoms with E-state index in [-0.39, 0.29) is 0 Å². The summed E-state index contributed by atoms with van der Waals surface area (Å²) in [6, 6.07) is 0. The van der Waals surface area contributed by atoms with Crippen molar-refractivity contribution in [2.45, 2.75) is 51.9 Å². The molecule has 0 radical (unpaired) electrons. The maximum absolute atomic E-state index is 10.6. The summed E-state index contributed by atoms with van der Waals surface area (Å²) < 4.78 is 0. The molecule has 0 aliphatic heterocycles. The lowest BCUT2D eigenvalue weighted by Gasteiger charge is -2.00. The van der Waals surface area contributed by atoms with Gasteiger partial charge in [0.1, 0.15) is 0 Å². The number of unbranched alkanes of at least 4 members (excludes halogenated alkanes) is 5. The third-order valence-electron chi connectivity index (χ3n) is 2.25. The van der Waals surface area contributed by atoms with E-state index in [2.05, 4.69) is 19.2 Å². The van der Waals surface area contributed by atoms with Crippen LogP contribution in [0.15, 0.2) is 17.9 Å². The van der Waals surface area contributed by atoms with Crippen LogP contribution in [0.5, 0.6) is 0 Å². The molecule has 0 aliphatic carbocycles. The summed E-state index contributed by atoms with van der Waals surface area (Å²) in [5.74, 6) is -0.881. The van der Waals surface area contributed by atoms with Crippen LogP contribution in [0.4, 0.5) is 0 Å². The Hall–Kier alpha value is -1.01. The molecule has 0 amide bonds. The average Bonchev–Trinajstić information content (AvgIpc) is 2.16. The van der Waals surface area contributed by atoms with Crippen molar-refractivity contribution in [3.05, 3.63) is 17.9 Å². The number of hydrogen-bond acceptors (Lipinski definition) is 1. The molecule has 0 spiro atoms. The first kappa shape index (κ1) is 13.0. The fourth-order valence-electron chi connectivity index (χ4n) is 1.35. The molecule has 2 heteroatoms. The minimum atomic E-state index is -0.881. The van der Waals surface area contributed by atoms with E-state index in [4.69, 9.17) is 5.11 Å². The Labute approximate surface area is 86.3 Å². The number of aliphatic carboxylic acids is 1. The molecule has 1 N–H and O–H groups in total. The molecule has 0 aromatic carbocycles. The molecule has 0 aliphatic rings. The Morgan fingerprint density at radius 1 is 1.21 bits per heavy atom. The number of hydrogen-bond donors (Lipinski definition) is 1. The van der Waals surface area contributed by atoms with Crippen LogP contribution >= 0.6 is 0 Å². The van der Waals surface area contributed by atoms with Crippen LogP contribution < -0.4 is 0 Å². The van der Waals surface area contributed by atoms with Crippen molar-refractivity contribution in [1.82, 2.24) is 0 Å². The molecule has 14 heavy (non-hydrogen) atoms. The van der Waals surface area contributed by atoms with Gasteiger partial charge in [0.25, 0.3) is 0 Å². The zero-order valence-electron chi connectivity index (χ0n) is 9.01. The van der Waals surface area contributed by atoms with Crippen molar-refractivity contribution >= 4 is 5.97 Å². The summed E-state index contributed by atoms with van der Waals surface area (Å²) >= 11 is 0. The van der Waals surface area contributed by atoms with E-state index in [9.17, 15) is 4.79 Å². The molecule has 0 saturated heterocycles. The molecule has 0 bridgehead atoms. The maximum atomic E-state index is 10.6. The van der Waals surface area contributed by atoms with E-state index in [1.54, 1.807) is 0 Å². The van der Waals surface area contributed by atoms with E-state index in [1.807, 2.05) is 0 Å². The zero-order valence-corrected chi connectivity index (χ0v) is 9.01. The normalized spacial score (nSPS) is 9.50. The highest BCUT2D eigenvalue weighted by Crippen LogP contribution is 2.10. The molecule has 0 fully saturated rings. The minimum Gasteiger partial charge on any atom is -0.477 e. The van der Waals surface area contributed by atoms with Gasteiger partial charge < -0.3 is 5.11 Å². The van der Waals surface area contributed by atoms with Crippen LogP contribution in [0.25, 0.3) is 0 Å². The second-order valence-corrected chi connectivity index (χ2v) is 3.48. The fourth-order valence-corrected chi connectivity index (χ4v) is 1.35. The summed E-state index contributed by atoms with van der Waals surface area (Å²) in [6.07, 6.45) is 7.64. The van der Waals surface area contributed by atoms with Crippen LogP contribution in [0, 0.1) is 0 Å². The first-order chi connectivity index (χ1) is 6.72. The van der Waals surface area contributed by atoms with Gasteiger partial charge in [-0.2, -0.15) is 0 Å². The monoisotopic (exact) mass is 196 g/mol. The van der Waals surface area contributed by atoms with E-state index >= 15 is 0 Å². The van der Waals surface area contributed by atoms with E-state index in [1.165, 1.54) is 25.7 Å². The molecule has 0 heterocycles. The fraction of sp³-hybridized carbons (Fsp3) is 0.667. The van der Waals surface area contributed by atoms with Crippen molar-refractivity contribution in [3.8, 4) is 0 Å². The van der Waals surface area contributed by atoms with E-state index < -0.39 is 5.97 Å². The van der Waals surface area contributed by atoms with Gasteiger partial charge in [-0.05, 0) is 12.8 Å². The number of carboxylic acids is 1. The topological polar surface area (TPSA) is 37.3 Å². The Morgan fingerprint density at radius 3 is 2.29 bits per heavy atom. The van der Waals surface area contributed by atoms with Gasteiger partial charge >= 0.3 is 5.97 Å². The highest BCUT2D eigenvalue weighted by molar-refractivity contribution is 5.86. The number of rotatable bonds is 8. The number of carboxylic acid groups (broad SMARTS) is 1. The van der Waals surface area contributed by atoms with Crippen molar-refractivity contribution in [2.24, 2.45) is 0 Å². The molecule has 0 aromatic heterocycles. The third-order valence-corrected chi connectivity index (χ3v) is 2.25. The van der Waals surface area contributed by atoms with Gasteiger partial charge in [-0.1, -0.05) is 45.6 Å². The van der Waals surface area contributed by atoms with Crippen LogP contribution in [0.1, 0.15) is 51.9 Å². The lowest BCUT2D eigenvalue weighted by atomic mass is 10.1. The first-order valence-electron chi connectivity index (χ1n) is 5.34. The van der Waals surface area contributed by atoms with Gasteiger partial charge in [0, 0.05) is 0 Å². The molecular weight excluding hydrogens is 176 g/mol. The smallest absolute Gasteiger partial charge is 0.339 e. The maximum Gasteiger partial charge on any atom is 0.339 e. The lowest BCUT2D eigenvalue weighted by molar-refractivity contribution is -0.132. The predicted octanol–water partition coefficient (Wildman–Crippen LogP) is 3.53. The van der Waals surface area contributed by atoms with Crippen molar-refractivity contribution in [3.63, 3.8) is 0 Å². The van der Waals surface area contributed by atoms with Crippen LogP contribution in [0.3, 0.4) is 0 Å². The van der Waals surface area contributed by atoms with Crippen molar-refractivity contribution in [1.29, 1.82) is 0 Å². The second-order valence-electron chi connectivity index (χ2n) is 3.48. The summed E-state index contributed by atoms with van der Waals surface area (Å²) in [5, 5.41) is 8.67. The number of carbonyl (C=O) groups is 1. The minimum absolute atomic E-state index is 0.320. The van der Waals surface area contributed by atoms with Gasteiger partial charge in [-0.25, -0.2) is 4.79 Å². The van der Waals surface area contributed by atoms with Crippen LogP contribution in [0.2, 0.25) is 0 Å². The van der Waals surface area contributed by atoms with Gasteiger partial charge in [0.05, 0.1) is 5.57 Å². The van der Waals surface area contributed by atoms with Gasteiger partial charge in [-0.3, -0.25) is 0 Å². The molecule has 0 saturated carbocycles. The van der Waals surface area contributed by atoms with Gasteiger partial charge in [0.15, 0.2) is 0 Å². The van der Waals surface area contributed by atoms with Gasteiger partial charge in [0.2, 0.25) is 0 Å². The quantitative estimate of drug-likeness (QED) is 0.366. The molecule has 0 atom stereocenters.